The lowest BCUT2D eigenvalue weighted by Crippen LogP contribution is -1.83. The zero-order valence-electron chi connectivity index (χ0n) is 5.93. The molecule has 0 aliphatic rings. The van der Waals surface area contributed by atoms with Crippen LogP contribution in [0.25, 0.3) is 0 Å². The summed E-state index contributed by atoms with van der Waals surface area (Å²) in [6.45, 7) is 2.18. The van der Waals surface area contributed by atoms with Crippen LogP contribution in [0.4, 0.5) is 0 Å². The van der Waals surface area contributed by atoms with E-state index in [0.717, 1.165) is 12.0 Å². The lowest BCUT2D eigenvalue weighted by Gasteiger charge is -1.93. The molecule has 0 saturated heterocycles. The fraction of sp³-hybridized carbons (Fsp3) is 0.857. The van der Waals surface area contributed by atoms with Crippen LogP contribution in [0.15, 0.2) is 0 Å². The van der Waals surface area contributed by atoms with Gasteiger partial charge in [-0.2, -0.15) is 11.8 Å². The molecular weight excluding hydrogens is 132 g/mol. The first-order valence-corrected chi connectivity index (χ1v) is 4.58. The van der Waals surface area contributed by atoms with Crippen LogP contribution >= 0.6 is 11.8 Å². The summed E-state index contributed by atoms with van der Waals surface area (Å²) >= 11 is 1.73. The first-order valence-electron chi connectivity index (χ1n) is 3.43. The molecule has 2 heteroatoms. The van der Waals surface area contributed by atoms with Crippen LogP contribution in [0.2, 0.25) is 0 Å². The molecule has 0 heterocycles. The third-order valence-corrected chi connectivity index (χ3v) is 2.03. The molecule has 0 aliphatic carbocycles. The van der Waals surface area contributed by atoms with Crippen molar-refractivity contribution in [3.05, 3.63) is 0 Å². The maximum absolute atomic E-state index is 9.82. The molecule has 0 bridgehead atoms. The van der Waals surface area contributed by atoms with E-state index in [9.17, 15) is 4.79 Å². The van der Waals surface area contributed by atoms with E-state index in [1.165, 1.54) is 19.3 Å². The molecule has 0 radical (unpaired) electrons. The van der Waals surface area contributed by atoms with Crippen molar-refractivity contribution in [1.29, 1.82) is 0 Å². The zero-order chi connectivity index (χ0) is 6.95. The summed E-state index contributed by atoms with van der Waals surface area (Å²) in [5.74, 6) is 1.82. The normalized spacial score (nSPS) is 9.44. The van der Waals surface area contributed by atoms with Gasteiger partial charge in [0.15, 0.2) is 0 Å². The minimum absolute atomic E-state index is 0.670. The van der Waals surface area contributed by atoms with Gasteiger partial charge in [-0.05, 0) is 12.2 Å². The van der Waals surface area contributed by atoms with Gasteiger partial charge in [0.25, 0.3) is 0 Å². The molecule has 0 aromatic carbocycles. The summed E-state index contributed by atoms with van der Waals surface area (Å²) in [6.07, 6.45) is 4.79. The molecule has 0 unspecified atom stereocenters. The average molecular weight is 146 g/mol. The maximum atomic E-state index is 9.82. The molecule has 0 aromatic rings. The van der Waals surface area contributed by atoms with Crippen molar-refractivity contribution in [3.8, 4) is 0 Å². The Morgan fingerprint density at radius 1 is 1.44 bits per heavy atom. The number of aldehydes is 1. The van der Waals surface area contributed by atoms with Crippen LogP contribution in [0.3, 0.4) is 0 Å². The van der Waals surface area contributed by atoms with Crippen molar-refractivity contribution < 1.29 is 4.79 Å². The molecule has 0 spiro atoms. The van der Waals surface area contributed by atoms with Gasteiger partial charge < -0.3 is 4.79 Å². The van der Waals surface area contributed by atoms with Gasteiger partial charge in [0.05, 0.1) is 0 Å². The van der Waals surface area contributed by atoms with Crippen LogP contribution < -0.4 is 0 Å². The van der Waals surface area contributed by atoms with Crippen LogP contribution in [-0.2, 0) is 4.79 Å². The number of thioether (sulfide) groups is 1. The molecule has 0 N–H and O–H groups in total. The van der Waals surface area contributed by atoms with E-state index < -0.39 is 0 Å². The topological polar surface area (TPSA) is 17.1 Å². The van der Waals surface area contributed by atoms with Gasteiger partial charge in [-0.1, -0.05) is 19.8 Å². The lowest BCUT2D eigenvalue weighted by molar-refractivity contribution is -0.105. The highest BCUT2D eigenvalue weighted by atomic mass is 32.2. The second kappa shape index (κ2) is 8.02. The Bertz CT molecular complexity index is 63.9. The summed E-state index contributed by atoms with van der Waals surface area (Å²) in [4.78, 5) is 9.82. The van der Waals surface area contributed by atoms with Gasteiger partial charge >= 0.3 is 0 Å². The highest BCUT2D eigenvalue weighted by Gasteiger charge is 1.85. The standard InChI is InChI=1S/C7H14OS/c1-2-3-4-6-9-7-5-8/h5H,2-4,6-7H2,1H3. The van der Waals surface area contributed by atoms with E-state index in [4.69, 9.17) is 0 Å². The third-order valence-electron chi connectivity index (χ3n) is 1.08. The zero-order valence-corrected chi connectivity index (χ0v) is 6.75. The largest absolute Gasteiger partial charge is 0.302 e. The Balaban J connectivity index is 2.66. The van der Waals surface area contributed by atoms with Gasteiger partial charge in [-0.25, -0.2) is 0 Å². The van der Waals surface area contributed by atoms with E-state index in [1.807, 2.05) is 0 Å². The number of unbranched alkanes of at least 4 members (excludes halogenated alkanes) is 2. The van der Waals surface area contributed by atoms with Gasteiger partial charge in [0.2, 0.25) is 0 Å². The van der Waals surface area contributed by atoms with Gasteiger partial charge in [0, 0.05) is 5.75 Å². The van der Waals surface area contributed by atoms with E-state index in [0.29, 0.717) is 5.75 Å². The van der Waals surface area contributed by atoms with E-state index in [2.05, 4.69) is 6.92 Å². The van der Waals surface area contributed by atoms with Crippen LogP contribution in [0.1, 0.15) is 26.2 Å². The van der Waals surface area contributed by atoms with E-state index in [1.54, 1.807) is 11.8 Å². The first-order chi connectivity index (χ1) is 4.41. The van der Waals surface area contributed by atoms with Crippen molar-refractivity contribution in [2.24, 2.45) is 0 Å². The molecular formula is C7H14OS. The fourth-order valence-corrected chi connectivity index (χ4v) is 1.26. The van der Waals surface area contributed by atoms with Crippen LogP contribution in [0.5, 0.6) is 0 Å². The number of rotatable bonds is 6. The van der Waals surface area contributed by atoms with Gasteiger partial charge in [-0.15, -0.1) is 0 Å². The van der Waals surface area contributed by atoms with Gasteiger partial charge in [-0.3, -0.25) is 0 Å². The quantitative estimate of drug-likeness (QED) is 0.421. The van der Waals surface area contributed by atoms with Crippen LogP contribution in [-0.4, -0.2) is 17.8 Å². The highest BCUT2D eigenvalue weighted by molar-refractivity contribution is 7.99. The molecule has 1 nitrogen and oxygen atoms in total. The van der Waals surface area contributed by atoms with Gasteiger partial charge in [0.1, 0.15) is 6.29 Å². The number of hydrogen-bond acceptors (Lipinski definition) is 2. The molecule has 0 atom stereocenters. The molecule has 0 aromatic heterocycles. The monoisotopic (exact) mass is 146 g/mol. The number of carbonyl (C=O) groups excluding carboxylic acids is 1. The first kappa shape index (κ1) is 9.02. The summed E-state index contributed by atoms with van der Waals surface area (Å²) in [7, 11) is 0. The van der Waals surface area contributed by atoms with E-state index in [-0.39, 0.29) is 0 Å². The molecule has 0 saturated carbocycles. The Kier molecular flexibility index (Phi) is 8.04. The average Bonchev–Trinajstić information content (AvgIpc) is 1.89. The van der Waals surface area contributed by atoms with E-state index >= 15 is 0 Å². The summed E-state index contributed by atoms with van der Waals surface area (Å²) in [5, 5.41) is 0. The van der Waals surface area contributed by atoms with Crippen LogP contribution in [0, 0.1) is 0 Å². The number of carbonyl (C=O) groups is 1. The number of hydrogen-bond donors (Lipinski definition) is 0. The maximum Gasteiger partial charge on any atom is 0.129 e. The minimum Gasteiger partial charge on any atom is -0.302 e. The molecule has 0 rings (SSSR count). The summed E-state index contributed by atoms with van der Waals surface area (Å²) < 4.78 is 0. The lowest BCUT2D eigenvalue weighted by atomic mass is 10.3. The molecule has 54 valence electrons. The smallest absolute Gasteiger partial charge is 0.129 e. The Hall–Kier alpha value is 0.0200. The highest BCUT2D eigenvalue weighted by Crippen LogP contribution is 2.03. The predicted molar refractivity (Wildman–Crippen MR) is 42.9 cm³/mol. The van der Waals surface area contributed by atoms with Crippen molar-refractivity contribution in [2.75, 3.05) is 11.5 Å². The summed E-state index contributed by atoms with van der Waals surface area (Å²) in [6, 6.07) is 0. The van der Waals surface area contributed by atoms with Crippen molar-refractivity contribution in [2.45, 2.75) is 26.2 Å². The SMILES string of the molecule is CCCCCSCC=O. The molecule has 9 heavy (non-hydrogen) atoms. The fourth-order valence-electron chi connectivity index (χ4n) is 0.586. The predicted octanol–water partition coefficient (Wildman–Crippen LogP) is 2.11. The van der Waals surface area contributed by atoms with Crippen molar-refractivity contribution in [1.82, 2.24) is 0 Å². The Morgan fingerprint density at radius 3 is 2.78 bits per heavy atom. The van der Waals surface area contributed by atoms with Crippen molar-refractivity contribution >= 4 is 18.0 Å². The molecule has 0 fully saturated rings. The minimum atomic E-state index is 0.670. The molecule has 0 aliphatic heterocycles. The Labute approximate surface area is 61.2 Å². The second-order valence-corrected chi connectivity index (χ2v) is 3.10. The molecule has 0 amide bonds. The Morgan fingerprint density at radius 2 is 2.22 bits per heavy atom. The van der Waals surface area contributed by atoms with Crippen molar-refractivity contribution in [3.63, 3.8) is 0 Å². The second-order valence-electron chi connectivity index (χ2n) is 1.95. The third kappa shape index (κ3) is 8.02. The summed E-state index contributed by atoms with van der Waals surface area (Å²) in [5.41, 5.74) is 0.